The van der Waals surface area contributed by atoms with Crippen molar-refractivity contribution in [1.82, 2.24) is 24.7 Å². The Morgan fingerprint density at radius 2 is 1.81 bits per heavy atom. The Balaban J connectivity index is 1.38. The summed E-state index contributed by atoms with van der Waals surface area (Å²) in [5, 5.41) is 9.92. The second-order valence-corrected chi connectivity index (χ2v) is 12.6. The molecule has 0 aliphatic carbocycles. The summed E-state index contributed by atoms with van der Waals surface area (Å²) in [6.07, 6.45) is 3.67. The van der Waals surface area contributed by atoms with Crippen LogP contribution in [0.1, 0.15) is 49.1 Å². The molecule has 11 heteroatoms. The minimum Gasteiger partial charge on any atom is -0.356 e. The van der Waals surface area contributed by atoms with Crippen LogP contribution in [0.4, 0.5) is 5.69 Å². The molecule has 4 aliphatic rings. The van der Waals surface area contributed by atoms with Gasteiger partial charge in [0.05, 0.1) is 17.3 Å². The molecular formula is C26H34N6O4S. The Morgan fingerprint density at radius 1 is 1.03 bits per heavy atom. The third-order valence-electron chi connectivity index (χ3n) is 8.67. The van der Waals surface area contributed by atoms with E-state index in [1.807, 2.05) is 24.3 Å². The molecule has 6 rings (SSSR count). The number of fused-ring (bicyclic) bond motifs is 4. The Hall–Kier alpha value is -2.76. The Morgan fingerprint density at radius 3 is 2.59 bits per heavy atom. The molecule has 1 aromatic heterocycles. The van der Waals surface area contributed by atoms with Crippen LogP contribution in [-0.2, 0) is 25.2 Å². The average Bonchev–Trinajstić information content (AvgIpc) is 3.60. The van der Waals surface area contributed by atoms with Crippen molar-refractivity contribution in [2.75, 3.05) is 37.6 Å². The Bertz CT molecular complexity index is 1340. The van der Waals surface area contributed by atoms with Crippen LogP contribution in [0.5, 0.6) is 0 Å². The first-order valence-corrected chi connectivity index (χ1v) is 14.7. The van der Waals surface area contributed by atoms with E-state index in [1.54, 1.807) is 18.7 Å². The topological polar surface area (TPSA) is 119 Å². The van der Waals surface area contributed by atoms with Gasteiger partial charge < -0.3 is 10.2 Å². The molecule has 5 heterocycles. The molecule has 10 nitrogen and oxygen atoms in total. The number of anilines is 1. The fraction of sp³-hybridized carbons (Fsp3) is 0.577. The van der Waals surface area contributed by atoms with E-state index in [0.717, 1.165) is 30.6 Å². The molecule has 3 saturated heterocycles. The zero-order valence-corrected chi connectivity index (χ0v) is 22.2. The molecule has 2 bridgehead atoms. The highest BCUT2D eigenvalue weighted by Crippen LogP contribution is 2.57. The Kier molecular flexibility index (Phi) is 5.92. The van der Waals surface area contributed by atoms with Crippen LogP contribution < -0.4 is 10.2 Å². The predicted molar refractivity (Wildman–Crippen MR) is 137 cm³/mol. The molecule has 1 spiro atoms. The van der Waals surface area contributed by atoms with Crippen molar-refractivity contribution in [1.29, 1.82) is 0 Å². The number of hydrogen-bond donors (Lipinski definition) is 2. The summed E-state index contributed by atoms with van der Waals surface area (Å²) in [5.41, 5.74) is 1.72. The molecule has 3 atom stereocenters. The Labute approximate surface area is 217 Å². The highest BCUT2D eigenvalue weighted by molar-refractivity contribution is 7.89. The molecule has 1 aromatic carbocycles. The first kappa shape index (κ1) is 24.6. The molecule has 3 fully saturated rings. The minimum absolute atomic E-state index is 0.0478. The molecule has 37 heavy (non-hydrogen) atoms. The van der Waals surface area contributed by atoms with Gasteiger partial charge in [0.25, 0.3) is 5.91 Å². The number of nitrogens with zero attached hydrogens (tertiary/aromatic N) is 4. The average molecular weight is 527 g/mol. The largest absolute Gasteiger partial charge is 0.356 e. The number of aromatic nitrogens is 2. The van der Waals surface area contributed by atoms with Crippen molar-refractivity contribution in [3.05, 3.63) is 41.2 Å². The van der Waals surface area contributed by atoms with E-state index in [9.17, 15) is 18.0 Å². The summed E-state index contributed by atoms with van der Waals surface area (Å²) in [6.45, 7) is 5.48. The second kappa shape index (κ2) is 8.92. The third kappa shape index (κ3) is 3.50. The van der Waals surface area contributed by atoms with E-state index < -0.39 is 21.5 Å². The maximum absolute atomic E-state index is 14.4. The molecule has 4 aliphatic heterocycles. The van der Waals surface area contributed by atoms with E-state index in [0.29, 0.717) is 43.7 Å². The quantitative estimate of drug-likeness (QED) is 0.614. The third-order valence-corrected chi connectivity index (χ3v) is 10.8. The smallest absolute Gasteiger partial charge is 0.253 e. The van der Waals surface area contributed by atoms with E-state index in [2.05, 4.69) is 20.4 Å². The first-order chi connectivity index (χ1) is 17.8. The van der Waals surface area contributed by atoms with Gasteiger partial charge in [0.1, 0.15) is 10.4 Å². The van der Waals surface area contributed by atoms with Gasteiger partial charge in [-0.2, -0.15) is 9.40 Å². The molecule has 2 aromatic rings. The number of aryl methyl sites for hydroxylation is 2. The van der Waals surface area contributed by atoms with E-state index in [4.69, 9.17) is 0 Å². The van der Waals surface area contributed by atoms with Gasteiger partial charge in [-0.3, -0.25) is 19.6 Å². The fourth-order valence-electron chi connectivity index (χ4n) is 7.18. The number of para-hydroxylation sites is 1. The van der Waals surface area contributed by atoms with Gasteiger partial charge >= 0.3 is 0 Å². The zero-order chi connectivity index (χ0) is 25.9. The molecule has 198 valence electrons. The number of sulfonamides is 1. The van der Waals surface area contributed by atoms with Gasteiger partial charge in [0, 0.05) is 43.5 Å². The lowest BCUT2D eigenvalue weighted by molar-refractivity contribution is -0.138. The molecular weight excluding hydrogens is 492 g/mol. The summed E-state index contributed by atoms with van der Waals surface area (Å²) in [5.74, 6) is -0.628. The summed E-state index contributed by atoms with van der Waals surface area (Å²) in [4.78, 5) is 32.3. The minimum atomic E-state index is -3.79. The number of benzene rings is 1. The fourth-order valence-corrected chi connectivity index (χ4v) is 9.03. The number of aromatic amines is 1. The van der Waals surface area contributed by atoms with Crippen LogP contribution in [0, 0.1) is 19.8 Å². The van der Waals surface area contributed by atoms with Crippen molar-refractivity contribution in [2.24, 2.45) is 5.92 Å². The van der Waals surface area contributed by atoms with E-state index in [-0.39, 0.29) is 35.8 Å². The maximum atomic E-state index is 14.4. The number of nitrogens with one attached hydrogen (secondary N) is 2. The van der Waals surface area contributed by atoms with Crippen molar-refractivity contribution in [3.8, 4) is 0 Å². The summed E-state index contributed by atoms with van der Waals surface area (Å²) in [6, 6.07) is 8.05. The molecule has 0 radical (unpaired) electrons. The highest BCUT2D eigenvalue weighted by Gasteiger charge is 2.67. The normalized spacial score (nSPS) is 29.2. The number of carbonyl (C=O) groups excluding carboxylic acids is 2. The lowest BCUT2D eigenvalue weighted by Crippen LogP contribution is -2.56. The van der Waals surface area contributed by atoms with E-state index in [1.165, 1.54) is 4.31 Å². The van der Waals surface area contributed by atoms with Crippen LogP contribution in [0.25, 0.3) is 0 Å². The predicted octanol–water partition coefficient (Wildman–Crippen LogP) is 1.65. The van der Waals surface area contributed by atoms with Crippen molar-refractivity contribution in [3.63, 3.8) is 0 Å². The number of amides is 2. The van der Waals surface area contributed by atoms with Gasteiger partial charge in [-0.25, -0.2) is 8.42 Å². The molecule has 2 amide bonds. The SMILES string of the molecule is Cc1n[nH]c(C)c1S(=O)(=O)N1CCCNC(=O)[C@@H]2C[C@@H]3CCCN3[C@@]23C(=O)N(CCC1)c1ccccc13. The van der Waals surface area contributed by atoms with Crippen LogP contribution in [0.3, 0.4) is 0 Å². The van der Waals surface area contributed by atoms with Crippen molar-refractivity contribution >= 4 is 27.5 Å². The van der Waals surface area contributed by atoms with Crippen LogP contribution in [-0.4, -0.2) is 78.4 Å². The molecule has 0 unspecified atom stereocenters. The lowest BCUT2D eigenvalue weighted by atomic mass is 9.78. The van der Waals surface area contributed by atoms with E-state index >= 15 is 0 Å². The lowest BCUT2D eigenvalue weighted by Gasteiger charge is -2.37. The van der Waals surface area contributed by atoms with Crippen LogP contribution in [0.2, 0.25) is 0 Å². The monoisotopic (exact) mass is 526 g/mol. The number of hydrogen-bond acceptors (Lipinski definition) is 6. The zero-order valence-electron chi connectivity index (χ0n) is 21.4. The number of rotatable bonds is 2. The number of H-pyrrole nitrogens is 1. The molecule has 2 N–H and O–H groups in total. The summed E-state index contributed by atoms with van der Waals surface area (Å²) in [7, 11) is -3.79. The standard InChI is InChI=1S/C26H34N6O4S/c1-17-23(18(2)29-28-17)37(35,36)30-12-6-11-27-24(33)21-16-19-8-5-15-32(19)26(21)20-9-3-4-10-22(20)31(25(26)34)14-7-13-30/h3-4,9-10,19,21H,5-8,11-16H2,1-2H3,(H,27,33)(H,28,29)/t19-,21-,26+/m0/s1. The van der Waals surface area contributed by atoms with Crippen molar-refractivity contribution < 1.29 is 18.0 Å². The second-order valence-electron chi connectivity index (χ2n) is 10.7. The van der Waals surface area contributed by atoms with Crippen LogP contribution in [0.15, 0.2) is 29.2 Å². The van der Waals surface area contributed by atoms with Gasteiger partial charge in [0.15, 0.2) is 0 Å². The highest BCUT2D eigenvalue weighted by atomic mass is 32.2. The summed E-state index contributed by atoms with van der Waals surface area (Å²) < 4.78 is 28.7. The van der Waals surface area contributed by atoms with Gasteiger partial charge in [-0.05, 0) is 58.6 Å². The van der Waals surface area contributed by atoms with Gasteiger partial charge in [0.2, 0.25) is 15.9 Å². The van der Waals surface area contributed by atoms with Crippen molar-refractivity contribution in [2.45, 2.75) is 62.4 Å². The maximum Gasteiger partial charge on any atom is 0.253 e. The van der Waals surface area contributed by atoms with Gasteiger partial charge in [-0.1, -0.05) is 18.2 Å². The molecule has 0 saturated carbocycles. The van der Waals surface area contributed by atoms with Crippen LogP contribution >= 0.6 is 0 Å². The first-order valence-electron chi connectivity index (χ1n) is 13.3. The van der Waals surface area contributed by atoms with Gasteiger partial charge in [-0.15, -0.1) is 0 Å². The number of carbonyl (C=O) groups is 2. The summed E-state index contributed by atoms with van der Waals surface area (Å²) >= 11 is 0.